The summed E-state index contributed by atoms with van der Waals surface area (Å²) in [4.78, 5) is 25.9. The SMILES string of the molecule is O=C(NNC(=O)c1cc(Cl)c[nH]1)c1ccccc1. The summed E-state index contributed by atoms with van der Waals surface area (Å²) in [6.07, 6.45) is 1.48. The lowest BCUT2D eigenvalue weighted by Gasteiger charge is -2.05. The molecule has 0 aliphatic carbocycles. The van der Waals surface area contributed by atoms with Crippen LogP contribution in [-0.2, 0) is 0 Å². The maximum absolute atomic E-state index is 11.6. The summed E-state index contributed by atoms with van der Waals surface area (Å²) in [5.74, 6) is -0.854. The number of H-pyrrole nitrogens is 1. The van der Waals surface area contributed by atoms with Crippen LogP contribution in [-0.4, -0.2) is 16.8 Å². The molecule has 0 bridgehead atoms. The summed E-state index contributed by atoms with van der Waals surface area (Å²) < 4.78 is 0. The maximum atomic E-state index is 11.6. The van der Waals surface area contributed by atoms with E-state index in [1.807, 2.05) is 0 Å². The van der Waals surface area contributed by atoms with Gasteiger partial charge in [0.25, 0.3) is 11.8 Å². The second-order valence-corrected chi connectivity index (χ2v) is 3.94. The first-order valence-corrected chi connectivity index (χ1v) is 5.54. The van der Waals surface area contributed by atoms with Crippen LogP contribution in [0.4, 0.5) is 0 Å². The number of aromatic amines is 1. The second kappa shape index (κ2) is 5.37. The Kier molecular flexibility index (Phi) is 3.64. The number of carbonyl (C=O) groups excluding carboxylic acids is 2. The molecule has 0 saturated heterocycles. The molecule has 0 aliphatic rings. The van der Waals surface area contributed by atoms with E-state index in [-0.39, 0.29) is 11.6 Å². The Morgan fingerprint density at radius 3 is 2.33 bits per heavy atom. The van der Waals surface area contributed by atoms with Gasteiger partial charge < -0.3 is 4.98 Å². The highest BCUT2D eigenvalue weighted by Gasteiger charge is 2.09. The van der Waals surface area contributed by atoms with Gasteiger partial charge in [-0.15, -0.1) is 0 Å². The van der Waals surface area contributed by atoms with Gasteiger partial charge in [-0.1, -0.05) is 29.8 Å². The molecule has 2 rings (SSSR count). The Hall–Kier alpha value is -2.27. The zero-order valence-corrected chi connectivity index (χ0v) is 9.99. The normalized spacial score (nSPS) is 9.83. The molecule has 1 aromatic carbocycles. The molecule has 3 N–H and O–H groups in total. The van der Waals surface area contributed by atoms with Crippen LogP contribution in [0.2, 0.25) is 5.02 Å². The van der Waals surface area contributed by atoms with Gasteiger partial charge in [0.1, 0.15) is 5.69 Å². The first-order chi connectivity index (χ1) is 8.66. The van der Waals surface area contributed by atoms with Gasteiger partial charge in [0.15, 0.2) is 0 Å². The van der Waals surface area contributed by atoms with Gasteiger partial charge in [0.05, 0.1) is 5.02 Å². The fourth-order valence-corrected chi connectivity index (χ4v) is 1.51. The number of carbonyl (C=O) groups is 2. The molecular formula is C12H10ClN3O2. The monoisotopic (exact) mass is 263 g/mol. The third-order valence-corrected chi connectivity index (χ3v) is 2.44. The zero-order chi connectivity index (χ0) is 13.0. The largest absolute Gasteiger partial charge is 0.356 e. The van der Waals surface area contributed by atoms with Gasteiger partial charge in [-0.25, -0.2) is 0 Å². The highest BCUT2D eigenvalue weighted by atomic mass is 35.5. The molecule has 6 heteroatoms. The van der Waals surface area contributed by atoms with Crippen LogP contribution in [0.5, 0.6) is 0 Å². The maximum Gasteiger partial charge on any atom is 0.286 e. The van der Waals surface area contributed by atoms with Crippen LogP contribution in [0.3, 0.4) is 0 Å². The van der Waals surface area contributed by atoms with Crippen molar-refractivity contribution >= 4 is 23.4 Å². The van der Waals surface area contributed by atoms with Crippen LogP contribution in [0, 0.1) is 0 Å². The van der Waals surface area contributed by atoms with Gasteiger partial charge in [-0.05, 0) is 18.2 Å². The molecule has 0 fully saturated rings. The minimum absolute atomic E-state index is 0.272. The lowest BCUT2D eigenvalue weighted by atomic mass is 10.2. The lowest BCUT2D eigenvalue weighted by molar-refractivity contribution is 0.0844. The molecule has 92 valence electrons. The van der Waals surface area contributed by atoms with Crippen LogP contribution in [0.1, 0.15) is 20.8 Å². The molecule has 2 amide bonds. The Labute approximate surface area is 108 Å². The summed E-state index contributed by atoms with van der Waals surface area (Å²) in [6, 6.07) is 10.0. The van der Waals surface area contributed by atoms with Crippen molar-refractivity contribution in [2.75, 3.05) is 0 Å². The number of aromatic nitrogens is 1. The molecule has 18 heavy (non-hydrogen) atoms. The third-order valence-electron chi connectivity index (χ3n) is 2.22. The van der Waals surface area contributed by atoms with E-state index in [9.17, 15) is 9.59 Å². The fourth-order valence-electron chi connectivity index (χ4n) is 1.34. The van der Waals surface area contributed by atoms with Crippen LogP contribution in [0.15, 0.2) is 42.6 Å². The predicted molar refractivity (Wildman–Crippen MR) is 67.2 cm³/mol. The quantitative estimate of drug-likeness (QED) is 0.722. The van der Waals surface area contributed by atoms with E-state index in [0.717, 1.165) is 0 Å². The average molecular weight is 264 g/mol. The molecule has 0 saturated carbocycles. The van der Waals surface area contributed by atoms with E-state index < -0.39 is 5.91 Å². The Bertz CT molecular complexity index is 566. The summed E-state index contributed by atoms with van der Waals surface area (Å²) in [5, 5.41) is 0.425. The lowest BCUT2D eigenvalue weighted by Crippen LogP contribution is -2.41. The first-order valence-electron chi connectivity index (χ1n) is 5.16. The van der Waals surface area contributed by atoms with Crippen molar-refractivity contribution in [2.24, 2.45) is 0 Å². The zero-order valence-electron chi connectivity index (χ0n) is 9.24. The molecule has 0 spiro atoms. The van der Waals surface area contributed by atoms with E-state index in [4.69, 9.17) is 11.6 Å². The predicted octanol–water partition coefficient (Wildman–Crippen LogP) is 1.74. The number of halogens is 1. The van der Waals surface area contributed by atoms with E-state index in [1.165, 1.54) is 12.3 Å². The number of nitrogens with one attached hydrogen (secondary N) is 3. The topological polar surface area (TPSA) is 74.0 Å². The number of amides is 2. The number of benzene rings is 1. The van der Waals surface area contributed by atoms with Crippen LogP contribution >= 0.6 is 11.6 Å². The molecule has 0 atom stereocenters. The third kappa shape index (κ3) is 2.89. The summed E-state index contributed by atoms with van der Waals surface area (Å²) in [5.41, 5.74) is 5.32. The molecule has 1 heterocycles. The van der Waals surface area contributed by atoms with E-state index in [2.05, 4.69) is 15.8 Å². The van der Waals surface area contributed by atoms with Gasteiger partial charge in [0, 0.05) is 11.8 Å². The minimum Gasteiger partial charge on any atom is -0.356 e. The number of hydrazine groups is 1. The minimum atomic E-state index is -0.466. The number of hydrogen-bond acceptors (Lipinski definition) is 2. The van der Waals surface area contributed by atoms with Crippen molar-refractivity contribution in [1.82, 2.24) is 15.8 Å². The first kappa shape index (κ1) is 12.2. The van der Waals surface area contributed by atoms with E-state index in [1.54, 1.807) is 30.3 Å². The number of rotatable bonds is 2. The summed E-state index contributed by atoms with van der Waals surface area (Å²) in [7, 11) is 0. The standard InChI is InChI=1S/C12H10ClN3O2/c13-9-6-10(14-7-9)12(18)16-15-11(17)8-4-2-1-3-5-8/h1-7,14H,(H,15,17)(H,16,18). The highest BCUT2D eigenvalue weighted by molar-refractivity contribution is 6.30. The van der Waals surface area contributed by atoms with Gasteiger partial charge in [-0.2, -0.15) is 0 Å². The van der Waals surface area contributed by atoms with E-state index >= 15 is 0 Å². The Morgan fingerprint density at radius 2 is 1.72 bits per heavy atom. The van der Waals surface area contributed by atoms with Crippen LogP contribution in [0.25, 0.3) is 0 Å². The van der Waals surface area contributed by atoms with Gasteiger partial charge in [-0.3, -0.25) is 20.4 Å². The molecule has 5 nitrogen and oxygen atoms in total. The molecule has 0 radical (unpaired) electrons. The van der Waals surface area contributed by atoms with Crippen LogP contribution < -0.4 is 10.9 Å². The smallest absolute Gasteiger partial charge is 0.286 e. The Balaban J connectivity index is 1.92. The molecule has 0 aliphatic heterocycles. The fraction of sp³-hybridized carbons (Fsp3) is 0. The Morgan fingerprint density at radius 1 is 1.06 bits per heavy atom. The molecule has 1 aromatic heterocycles. The van der Waals surface area contributed by atoms with Crippen molar-refractivity contribution in [3.63, 3.8) is 0 Å². The van der Waals surface area contributed by atoms with Crippen molar-refractivity contribution in [3.05, 3.63) is 58.9 Å². The molecule has 0 unspecified atom stereocenters. The van der Waals surface area contributed by atoms with Crippen molar-refractivity contribution in [3.8, 4) is 0 Å². The highest BCUT2D eigenvalue weighted by Crippen LogP contribution is 2.08. The average Bonchev–Trinajstić information content (AvgIpc) is 2.83. The van der Waals surface area contributed by atoms with E-state index in [0.29, 0.717) is 10.6 Å². The van der Waals surface area contributed by atoms with Gasteiger partial charge >= 0.3 is 0 Å². The summed E-state index contributed by atoms with van der Waals surface area (Å²) in [6.45, 7) is 0. The van der Waals surface area contributed by atoms with Gasteiger partial charge in [0.2, 0.25) is 0 Å². The second-order valence-electron chi connectivity index (χ2n) is 3.51. The number of hydrogen-bond donors (Lipinski definition) is 3. The molecule has 2 aromatic rings. The van der Waals surface area contributed by atoms with Crippen molar-refractivity contribution in [2.45, 2.75) is 0 Å². The molecular weight excluding hydrogens is 254 g/mol. The van der Waals surface area contributed by atoms with Crippen molar-refractivity contribution < 1.29 is 9.59 Å². The summed E-state index contributed by atoms with van der Waals surface area (Å²) >= 11 is 5.66. The van der Waals surface area contributed by atoms with Crippen molar-refractivity contribution in [1.29, 1.82) is 0 Å².